The highest BCUT2D eigenvalue weighted by molar-refractivity contribution is 9.08. The lowest BCUT2D eigenvalue weighted by Crippen LogP contribution is -2.26. The number of hydrogen-bond acceptors (Lipinski definition) is 1. The highest BCUT2D eigenvalue weighted by atomic mass is 79.9. The van der Waals surface area contributed by atoms with Gasteiger partial charge in [-0.3, -0.25) is 4.79 Å². The molecule has 3 heteroatoms. The van der Waals surface area contributed by atoms with Gasteiger partial charge in [-0.2, -0.15) is 0 Å². The molecule has 0 heterocycles. The molecular weight excluding hydrogens is 314 g/mol. The van der Waals surface area contributed by atoms with Crippen LogP contribution in [0.2, 0.25) is 0 Å². The zero-order chi connectivity index (χ0) is 13.9. The van der Waals surface area contributed by atoms with E-state index in [4.69, 9.17) is 0 Å². The van der Waals surface area contributed by atoms with Crippen LogP contribution >= 0.6 is 15.9 Å². The van der Waals surface area contributed by atoms with Crippen molar-refractivity contribution in [2.75, 3.05) is 0 Å². The Morgan fingerprint density at radius 2 is 1.90 bits per heavy atom. The Morgan fingerprint density at radius 3 is 2.50 bits per heavy atom. The number of hydrogen-bond donors (Lipinski definition) is 1. The monoisotopic (exact) mass is 335 g/mol. The summed E-state index contributed by atoms with van der Waals surface area (Å²) in [5, 5.41) is 3.95. The van der Waals surface area contributed by atoms with Gasteiger partial charge < -0.3 is 5.32 Å². The molecule has 3 unspecified atom stereocenters. The number of nitrogens with one attached hydrogen (secondary N) is 1. The number of halogens is 1. The van der Waals surface area contributed by atoms with Crippen LogP contribution in [0, 0.1) is 17.8 Å². The maximum absolute atomic E-state index is 12.1. The highest BCUT2D eigenvalue weighted by Gasteiger charge is 2.39. The molecule has 0 saturated heterocycles. The van der Waals surface area contributed by atoms with E-state index in [0.717, 1.165) is 23.6 Å². The van der Waals surface area contributed by atoms with Crippen molar-refractivity contribution in [1.82, 2.24) is 5.32 Å². The molecule has 1 aromatic rings. The van der Waals surface area contributed by atoms with Gasteiger partial charge in [-0.1, -0.05) is 46.6 Å². The lowest BCUT2D eigenvalue weighted by Gasteiger charge is -2.20. The molecule has 3 rings (SSSR count). The smallest absolute Gasteiger partial charge is 0.220 e. The predicted molar refractivity (Wildman–Crippen MR) is 84.5 cm³/mol. The summed E-state index contributed by atoms with van der Waals surface area (Å²) in [5.74, 6) is 2.65. The second kappa shape index (κ2) is 6.30. The van der Waals surface area contributed by atoms with Crippen LogP contribution in [0.3, 0.4) is 0 Å². The van der Waals surface area contributed by atoms with Gasteiger partial charge in [0, 0.05) is 18.3 Å². The maximum Gasteiger partial charge on any atom is 0.220 e. The fraction of sp³-hybridized carbons (Fsp3) is 0.588. The molecule has 1 aromatic carbocycles. The summed E-state index contributed by atoms with van der Waals surface area (Å²) >= 11 is 3.44. The number of carbonyl (C=O) groups is 1. The number of benzene rings is 1. The fourth-order valence-electron chi connectivity index (χ4n) is 3.88. The molecule has 0 aliphatic heterocycles. The van der Waals surface area contributed by atoms with Crippen LogP contribution in [0.1, 0.15) is 43.2 Å². The average molecular weight is 336 g/mol. The summed E-state index contributed by atoms with van der Waals surface area (Å²) in [5.41, 5.74) is 2.44. The molecule has 0 radical (unpaired) electrons. The van der Waals surface area contributed by atoms with E-state index in [1.807, 2.05) is 0 Å². The molecule has 2 saturated carbocycles. The van der Waals surface area contributed by atoms with Crippen molar-refractivity contribution in [1.29, 1.82) is 0 Å². The summed E-state index contributed by atoms with van der Waals surface area (Å²) in [7, 11) is 0. The van der Waals surface area contributed by atoms with Crippen LogP contribution in [0.5, 0.6) is 0 Å². The molecule has 1 amide bonds. The Labute approximate surface area is 129 Å². The third-order valence-electron chi connectivity index (χ3n) is 5.00. The van der Waals surface area contributed by atoms with E-state index < -0.39 is 0 Å². The van der Waals surface area contributed by atoms with Crippen molar-refractivity contribution in [3.63, 3.8) is 0 Å². The van der Waals surface area contributed by atoms with E-state index in [1.54, 1.807) is 0 Å². The standard InChI is InChI=1S/C17H22BrNO/c18-10-12-1-3-13(4-2-12)11-19-17(20)9-16-8-14-5-6-15(16)7-14/h1-4,14-16H,5-11H2,(H,19,20). The van der Waals surface area contributed by atoms with Gasteiger partial charge in [-0.15, -0.1) is 0 Å². The molecular formula is C17H22BrNO. The zero-order valence-electron chi connectivity index (χ0n) is 11.8. The predicted octanol–water partition coefficient (Wildman–Crippen LogP) is 4.02. The third-order valence-corrected chi connectivity index (χ3v) is 5.65. The van der Waals surface area contributed by atoms with Gasteiger partial charge in [0.25, 0.3) is 0 Å². The Hall–Kier alpha value is -0.830. The molecule has 0 spiro atoms. The van der Waals surface area contributed by atoms with E-state index in [1.165, 1.54) is 36.8 Å². The molecule has 2 fully saturated rings. The van der Waals surface area contributed by atoms with Crippen LogP contribution in [-0.4, -0.2) is 5.91 Å². The van der Waals surface area contributed by atoms with Gasteiger partial charge in [0.2, 0.25) is 5.91 Å². The summed E-state index contributed by atoms with van der Waals surface area (Å²) in [6.07, 6.45) is 6.17. The molecule has 20 heavy (non-hydrogen) atoms. The van der Waals surface area contributed by atoms with Crippen LogP contribution in [-0.2, 0) is 16.7 Å². The first-order chi connectivity index (χ1) is 9.74. The van der Waals surface area contributed by atoms with Gasteiger partial charge in [0.05, 0.1) is 0 Å². The Morgan fingerprint density at radius 1 is 1.15 bits per heavy atom. The number of amides is 1. The minimum absolute atomic E-state index is 0.229. The highest BCUT2D eigenvalue weighted by Crippen LogP contribution is 2.49. The lowest BCUT2D eigenvalue weighted by atomic mass is 9.86. The number of alkyl halides is 1. The van der Waals surface area contributed by atoms with E-state index in [-0.39, 0.29) is 5.91 Å². The van der Waals surface area contributed by atoms with Gasteiger partial charge in [-0.05, 0) is 48.1 Å². The number of fused-ring (bicyclic) bond motifs is 2. The molecule has 2 aliphatic carbocycles. The molecule has 2 nitrogen and oxygen atoms in total. The normalized spacial score (nSPS) is 27.8. The van der Waals surface area contributed by atoms with Crippen LogP contribution in [0.15, 0.2) is 24.3 Å². The zero-order valence-corrected chi connectivity index (χ0v) is 13.4. The summed E-state index contributed by atoms with van der Waals surface area (Å²) in [4.78, 5) is 12.1. The summed E-state index contributed by atoms with van der Waals surface area (Å²) in [6.45, 7) is 0.655. The maximum atomic E-state index is 12.1. The van der Waals surface area contributed by atoms with Gasteiger partial charge in [0.1, 0.15) is 0 Å². The fourth-order valence-corrected chi connectivity index (χ4v) is 4.26. The Kier molecular flexibility index (Phi) is 4.45. The van der Waals surface area contributed by atoms with E-state index in [2.05, 4.69) is 45.5 Å². The van der Waals surface area contributed by atoms with E-state index in [0.29, 0.717) is 12.5 Å². The molecule has 0 aromatic heterocycles. The van der Waals surface area contributed by atoms with Gasteiger partial charge in [-0.25, -0.2) is 0 Å². The second-order valence-corrected chi connectivity index (χ2v) is 6.93. The minimum Gasteiger partial charge on any atom is -0.352 e. The van der Waals surface area contributed by atoms with Crippen LogP contribution < -0.4 is 5.32 Å². The summed E-state index contributed by atoms with van der Waals surface area (Å²) in [6, 6.07) is 8.39. The molecule has 108 valence electrons. The van der Waals surface area contributed by atoms with Crippen LogP contribution in [0.4, 0.5) is 0 Å². The van der Waals surface area contributed by atoms with E-state index >= 15 is 0 Å². The first kappa shape index (κ1) is 14.1. The number of rotatable bonds is 5. The number of carbonyl (C=O) groups excluding carboxylic acids is 1. The van der Waals surface area contributed by atoms with E-state index in [9.17, 15) is 4.79 Å². The Bertz CT molecular complexity index is 470. The van der Waals surface area contributed by atoms with Crippen molar-refractivity contribution in [3.8, 4) is 0 Å². The molecule has 1 N–H and O–H groups in total. The van der Waals surface area contributed by atoms with Crippen LogP contribution in [0.25, 0.3) is 0 Å². The molecule has 2 aliphatic rings. The second-order valence-electron chi connectivity index (χ2n) is 6.37. The topological polar surface area (TPSA) is 29.1 Å². The van der Waals surface area contributed by atoms with Crippen molar-refractivity contribution < 1.29 is 4.79 Å². The lowest BCUT2D eigenvalue weighted by molar-refractivity contribution is -0.122. The molecule has 2 bridgehead atoms. The largest absolute Gasteiger partial charge is 0.352 e. The van der Waals surface area contributed by atoms with Crippen molar-refractivity contribution >= 4 is 21.8 Å². The molecule has 3 atom stereocenters. The van der Waals surface area contributed by atoms with Gasteiger partial charge >= 0.3 is 0 Å². The van der Waals surface area contributed by atoms with Crippen molar-refractivity contribution in [3.05, 3.63) is 35.4 Å². The first-order valence-electron chi connectivity index (χ1n) is 7.65. The SMILES string of the molecule is O=C(CC1CC2CCC1C2)NCc1ccc(CBr)cc1. The van der Waals surface area contributed by atoms with Gasteiger partial charge in [0.15, 0.2) is 0 Å². The van der Waals surface area contributed by atoms with Crippen molar-refractivity contribution in [2.45, 2.75) is 44.0 Å². The summed E-state index contributed by atoms with van der Waals surface area (Å²) < 4.78 is 0. The van der Waals surface area contributed by atoms with Crippen molar-refractivity contribution in [2.24, 2.45) is 17.8 Å². The third kappa shape index (κ3) is 3.25. The quantitative estimate of drug-likeness (QED) is 0.809. The minimum atomic E-state index is 0.229. The Balaban J connectivity index is 1.44. The first-order valence-corrected chi connectivity index (χ1v) is 8.77. The average Bonchev–Trinajstić information content (AvgIpc) is 3.08.